The molecule has 6 aliphatic carbocycles. The zero-order valence-electron chi connectivity index (χ0n) is 28.3. The van der Waals surface area contributed by atoms with Gasteiger partial charge in [-0.25, -0.2) is 4.79 Å². The summed E-state index contributed by atoms with van der Waals surface area (Å²) in [6.45, 7) is 12.2. The standard InChI is InChI=1S/C35H55NO6.CH4O.H2/c1-20(37)40-29(32(4,5)39)25-12-10-23-26(41-25)18-24-22-11-13-27-31(2,3)28(42-30(38)36-21-8-7-9-21)14-15-35(27)19-34(22,35)17-16-33(23,24)6;1-2;/h21-29,39H,7-19H2,1-6H3,(H,36,38);2H,1H3;1H/t22?,23?,24?,25?,26?,27?,28-,29-,33?,34-,35?;;/m0../s1. The summed E-state index contributed by atoms with van der Waals surface area (Å²) in [7, 11) is 1.00. The van der Waals surface area contributed by atoms with E-state index in [0.717, 1.165) is 51.6 Å². The van der Waals surface area contributed by atoms with E-state index >= 15 is 0 Å². The Balaban J connectivity index is 0.00000131. The van der Waals surface area contributed by atoms with Crippen LogP contribution in [0.1, 0.15) is 126 Å². The maximum Gasteiger partial charge on any atom is 0.407 e. The molecule has 1 heterocycles. The molecule has 8 heteroatoms. The van der Waals surface area contributed by atoms with Gasteiger partial charge in [-0.2, -0.15) is 0 Å². The first-order chi connectivity index (χ1) is 20.7. The number of alkyl carbamates (subject to hydrolysis) is 1. The van der Waals surface area contributed by atoms with Gasteiger partial charge in [0.15, 0.2) is 6.10 Å². The average molecular weight is 620 g/mol. The number of carbonyl (C=O) groups is 2. The number of carbonyl (C=O) groups excluding carboxylic acids is 2. The minimum atomic E-state index is -1.14. The van der Waals surface area contributed by atoms with Crippen LogP contribution in [0.25, 0.3) is 0 Å². The Labute approximate surface area is 266 Å². The van der Waals surface area contributed by atoms with Gasteiger partial charge >= 0.3 is 12.1 Å². The first-order valence-electron chi connectivity index (χ1n) is 17.7. The van der Waals surface area contributed by atoms with Gasteiger partial charge in [-0.3, -0.25) is 4.79 Å². The molecule has 1 aliphatic heterocycles. The minimum absolute atomic E-state index is 0. The maximum atomic E-state index is 12.8. The molecule has 3 N–H and O–H groups in total. The smallest absolute Gasteiger partial charge is 0.407 e. The second-order valence-corrected chi connectivity index (χ2v) is 17.2. The number of nitrogens with one attached hydrogen (secondary N) is 1. The van der Waals surface area contributed by atoms with Crippen LogP contribution in [-0.2, 0) is 19.0 Å². The molecule has 0 aromatic heterocycles. The van der Waals surface area contributed by atoms with Crippen molar-refractivity contribution in [3.63, 3.8) is 0 Å². The molecule has 7 fully saturated rings. The highest BCUT2D eigenvalue weighted by Crippen LogP contribution is 2.87. The third-order valence-corrected chi connectivity index (χ3v) is 14.6. The van der Waals surface area contributed by atoms with Gasteiger partial charge in [0.05, 0.1) is 17.8 Å². The lowest BCUT2D eigenvalue weighted by molar-refractivity contribution is -0.200. The van der Waals surface area contributed by atoms with Crippen molar-refractivity contribution in [3.05, 3.63) is 0 Å². The minimum Gasteiger partial charge on any atom is -0.457 e. The molecule has 1 amide bonds. The second kappa shape index (κ2) is 11.1. The van der Waals surface area contributed by atoms with Crippen molar-refractivity contribution in [1.29, 1.82) is 0 Å². The van der Waals surface area contributed by atoms with Crippen LogP contribution in [0.4, 0.5) is 4.79 Å². The van der Waals surface area contributed by atoms with E-state index in [-0.39, 0.29) is 37.2 Å². The SMILES string of the molecule is CC(=O)O[C@@H](C1CCC2C(CC3C4CCC5C(C)(C)[C@@H](OC(=O)NC6CCC6)CCC56C[C@@]46CCC23C)O1)C(C)(C)O.CO.[HH]. The fourth-order valence-electron chi connectivity index (χ4n) is 12.4. The summed E-state index contributed by atoms with van der Waals surface area (Å²) in [5, 5.41) is 21.0. The summed E-state index contributed by atoms with van der Waals surface area (Å²) >= 11 is 0. The van der Waals surface area contributed by atoms with E-state index in [1.165, 1.54) is 51.9 Å². The van der Waals surface area contributed by atoms with Crippen molar-refractivity contribution < 1.29 is 35.4 Å². The Morgan fingerprint density at radius 3 is 2.27 bits per heavy atom. The van der Waals surface area contributed by atoms with Crippen molar-refractivity contribution >= 4 is 12.1 Å². The van der Waals surface area contributed by atoms with Crippen LogP contribution in [0.3, 0.4) is 0 Å². The number of amides is 1. The zero-order chi connectivity index (χ0) is 31.9. The maximum absolute atomic E-state index is 12.8. The number of hydrogen-bond acceptors (Lipinski definition) is 7. The first kappa shape index (κ1) is 32.6. The van der Waals surface area contributed by atoms with Crippen LogP contribution in [0, 0.1) is 45.3 Å². The summed E-state index contributed by atoms with van der Waals surface area (Å²) < 4.78 is 18.6. The van der Waals surface area contributed by atoms with Crippen molar-refractivity contribution in [2.24, 2.45) is 45.3 Å². The molecule has 6 saturated carbocycles. The Kier molecular flexibility index (Phi) is 8.22. The molecule has 0 bridgehead atoms. The molecule has 8 nitrogen and oxygen atoms in total. The average Bonchev–Trinajstić information content (AvgIpc) is 3.51. The summed E-state index contributed by atoms with van der Waals surface area (Å²) in [6.07, 6.45) is 14.1. The summed E-state index contributed by atoms with van der Waals surface area (Å²) in [4.78, 5) is 24.7. The van der Waals surface area contributed by atoms with E-state index in [2.05, 4.69) is 26.1 Å². The molecule has 1 saturated heterocycles. The van der Waals surface area contributed by atoms with E-state index in [1.807, 2.05) is 0 Å². The molecule has 7 rings (SSSR count). The van der Waals surface area contributed by atoms with Crippen LogP contribution < -0.4 is 5.32 Å². The fraction of sp³-hybridized carbons (Fsp3) is 0.944. The van der Waals surface area contributed by atoms with E-state index in [9.17, 15) is 14.7 Å². The molecule has 7 aliphatic rings. The van der Waals surface area contributed by atoms with Crippen LogP contribution in [0.15, 0.2) is 0 Å². The van der Waals surface area contributed by atoms with E-state index in [1.54, 1.807) is 13.8 Å². The largest absolute Gasteiger partial charge is 0.457 e. The molecule has 0 aromatic rings. The number of fused-ring (bicyclic) bond motifs is 4. The van der Waals surface area contributed by atoms with Crippen molar-refractivity contribution in [2.75, 3.05) is 7.11 Å². The van der Waals surface area contributed by atoms with Gasteiger partial charge in [-0.15, -0.1) is 0 Å². The predicted octanol–water partition coefficient (Wildman–Crippen LogP) is 6.40. The second-order valence-electron chi connectivity index (χ2n) is 17.2. The van der Waals surface area contributed by atoms with Crippen LogP contribution in [0.2, 0.25) is 0 Å². The number of hydrogen-bond donors (Lipinski definition) is 3. The van der Waals surface area contributed by atoms with Gasteiger partial charge in [-0.1, -0.05) is 20.8 Å². The van der Waals surface area contributed by atoms with Gasteiger partial charge in [0, 0.05) is 26.9 Å². The number of rotatable bonds is 5. The highest BCUT2D eigenvalue weighted by molar-refractivity contribution is 5.68. The zero-order valence-corrected chi connectivity index (χ0v) is 28.3. The van der Waals surface area contributed by atoms with Crippen LogP contribution in [-0.4, -0.2) is 65.4 Å². The summed E-state index contributed by atoms with van der Waals surface area (Å²) in [5.74, 6) is 2.20. The predicted molar refractivity (Wildman–Crippen MR) is 169 cm³/mol. The van der Waals surface area contributed by atoms with Crippen LogP contribution >= 0.6 is 0 Å². The molecule has 2 spiro atoms. The Morgan fingerprint density at radius 1 is 0.932 bits per heavy atom. The van der Waals surface area contributed by atoms with Crippen molar-refractivity contribution in [2.45, 2.75) is 161 Å². The fourth-order valence-corrected chi connectivity index (χ4v) is 12.4. The van der Waals surface area contributed by atoms with E-state index in [0.29, 0.717) is 40.0 Å². The Bertz CT molecular complexity index is 1120. The van der Waals surface area contributed by atoms with Crippen LogP contribution in [0.5, 0.6) is 0 Å². The molecule has 8 unspecified atom stereocenters. The highest BCUT2D eigenvalue weighted by atomic mass is 16.6. The third kappa shape index (κ3) is 4.85. The number of esters is 1. The monoisotopic (exact) mass is 619 g/mol. The normalized spacial score (nSPS) is 45.7. The Morgan fingerprint density at radius 2 is 1.64 bits per heavy atom. The topological polar surface area (TPSA) is 114 Å². The van der Waals surface area contributed by atoms with Gasteiger partial charge in [0.1, 0.15) is 6.10 Å². The highest BCUT2D eigenvalue weighted by Gasteiger charge is 2.81. The molecule has 252 valence electrons. The van der Waals surface area contributed by atoms with E-state index in [4.69, 9.17) is 19.3 Å². The van der Waals surface area contributed by atoms with E-state index < -0.39 is 11.7 Å². The lowest BCUT2D eigenvalue weighted by atomic mass is 9.46. The summed E-state index contributed by atoms with van der Waals surface area (Å²) in [6, 6.07) is 0.311. The quantitative estimate of drug-likeness (QED) is 0.305. The number of aliphatic hydroxyl groups excluding tert-OH is 1. The van der Waals surface area contributed by atoms with Crippen molar-refractivity contribution in [1.82, 2.24) is 5.32 Å². The van der Waals surface area contributed by atoms with Gasteiger partial charge < -0.3 is 29.7 Å². The first-order valence-corrected chi connectivity index (χ1v) is 17.7. The lowest BCUT2D eigenvalue weighted by Gasteiger charge is -2.59. The molecule has 0 radical (unpaired) electrons. The summed E-state index contributed by atoms with van der Waals surface area (Å²) in [5.41, 5.74) is -0.00857. The molecule has 44 heavy (non-hydrogen) atoms. The lowest BCUT2D eigenvalue weighted by Crippen LogP contribution is -2.56. The number of aliphatic hydroxyl groups is 2. The van der Waals surface area contributed by atoms with Crippen molar-refractivity contribution in [3.8, 4) is 0 Å². The van der Waals surface area contributed by atoms with Gasteiger partial charge in [0.25, 0.3) is 0 Å². The number of ether oxygens (including phenoxy) is 3. The Hall–Kier alpha value is -1.38. The third-order valence-electron chi connectivity index (χ3n) is 14.6. The molecule has 0 aromatic carbocycles. The molecular weight excluding hydrogens is 558 g/mol. The van der Waals surface area contributed by atoms with Gasteiger partial charge in [-0.05, 0) is 137 Å². The van der Waals surface area contributed by atoms with Gasteiger partial charge in [0.2, 0.25) is 0 Å². The molecule has 11 atom stereocenters. The molecular formula is C36H61NO7.